The molecule has 0 spiro atoms. The van der Waals surface area contributed by atoms with E-state index in [-0.39, 0.29) is 6.10 Å². The zero-order valence-corrected chi connectivity index (χ0v) is 11.5. The molecule has 102 valence electrons. The standard InChI is InChI=1S/C15H19NO3/c1-4-18-14-6-11-5-10(3)19-13(11)7-12(14)15(17)9(2)8-16/h6-7,9-10,15,17H,4-5H2,1-3H3. The van der Waals surface area contributed by atoms with Gasteiger partial charge in [-0.2, -0.15) is 5.26 Å². The molecule has 0 bridgehead atoms. The molecule has 3 unspecified atom stereocenters. The topological polar surface area (TPSA) is 62.5 Å². The summed E-state index contributed by atoms with van der Waals surface area (Å²) >= 11 is 0. The highest BCUT2D eigenvalue weighted by molar-refractivity contribution is 5.49. The van der Waals surface area contributed by atoms with E-state index in [4.69, 9.17) is 14.7 Å². The van der Waals surface area contributed by atoms with Gasteiger partial charge in [-0.25, -0.2) is 0 Å². The molecule has 19 heavy (non-hydrogen) atoms. The molecule has 1 aliphatic heterocycles. The van der Waals surface area contributed by atoms with Crippen LogP contribution in [0.1, 0.15) is 38.0 Å². The third-order valence-corrected chi connectivity index (χ3v) is 3.32. The molecule has 3 atom stereocenters. The van der Waals surface area contributed by atoms with E-state index < -0.39 is 12.0 Å². The van der Waals surface area contributed by atoms with E-state index in [0.717, 1.165) is 17.7 Å². The molecule has 0 fully saturated rings. The second kappa shape index (κ2) is 5.50. The lowest BCUT2D eigenvalue weighted by molar-refractivity contribution is 0.137. The highest BCUT2D eigenvalue weighted by atomic mass is 16.5. The largest absolute Gasteiger partial charge is 0.493 e. The van der Waals surface area contributed by atoms with Gasteiger partial charge >= 0.3 is 0 Å². The van der Waals surface area contributed by atoms with Crippen molar-refractivity contribution in [3.8, 4) is 17.6 Å². The van der Waals surface area contributed by atoms with Gasteiger partial charge in [0.05, 0.1) is 24.7 Å². The van der Waals surface area contributed by atoms with Crippen molar-refractivity contribution in [2.75, 3.05) is 6.61 Å². The lowest BCUT2D eigenvalue weighted by Gasteiger charge is -2.18. The molecule has 4 heteroatoms. The Morgan fingerprint density at radius 2 is 2.32 bits per heavy atom. The van der Waals surface area contributed by atoms with Crippen molar-refractivity contribution >= 4 is 0 Å². The summed E-state index contributed by atoms with van der Waals surface area (Å²) in [7, 11) is 0. The quantitative estimate of drug-likeness (QED) is 0.905. The van der Waals surface area contributed by atoms with Gasteiger partial charge in [0.2, 0.25) is 0 Å². The number of hydrogen-bond donors (Lipinski definition) is 1. The van der Waals surface area contributed by atoms with Crippen LogP contribution in [-0.2, 0) is 6.42 Å². The molecule has 0 saturated carbocycles. The first-order valence-corrected chi connectivity index (χ1v) is 6.60. The molecule has 0 aromatic heterocycles. The molecule has 1 N–H and O–H groups in total. The van der Waals surface area contributed by atoms with Crippen LogP contribution in [0.25, 0.3) is 0 Å². The molecule has 0 aliphatic carbocycles. The molecule has 1 aromatic carbocycles. The van der Waals surface area contributed by atoms with E-state index >= 15 is 0 Å². The van der Waals surface area contributed by atoms with Crippen LogP contribution in [0.4, 0.5) is 0 Å². The Hall–Kier alpha value is -1.73. The van der Waals surface area contributed by atoms with Crippen molar-refractivity contribution in [2.45, 2.75) is 39.4 Å². The van der Waals surface area contributed by atoms with Gasteiger partial charge in [-0.3, -0.25) is 0 Å². The van der Waals surface area contributed by atoms with Gasteiger partial charge in [0.15, 0.2) is 0 Å². The minimum atomic E-state index is -0.864. The zero-order chi connectivity index (χ0) is 14.0. The predicted octanol–water partition coefficient (Wildman–Crippen LogP) is 2.60. The lowest BCUT2D eigenvalue weighted by atomic mass is 9.96. The zero-order valence-electron chi connectivity index (χ0n) is 11.5. The number of nitrogens with zero attached hydrogens (tertiary/aromatic N) is 1. The maximum Gasteiger partial charge on any atom is 0.125 e. The predicted molar refractivity (Wildman–Crippen MR) is 71.1 cm³/mol. The Morgan fingerprint density at radius 1 is 1.58 bits per heavy atom. The van der Waals surface area contributed by atoms with E-state index in [2.05, 4.69) is 6.07 Å². The summed E-state index contributed by atoms with van der Waals surface area (Å²) in [5, 5.41) is 19.2. The summed E-state index contributed by atoms with van der Waals surface area (Å²) in [5.74, 6) is 0.944. The molecule has 0 saturated heterocycles. The number of nitriles is 1. The van der Waals surface area contributed by atoms with Crippen molar-refractivity contribution in [3.05, 3.63) is 23.3 Å². The molecule has 0 amide bonds. The van der Waals surface area contributed by atoms with Gasteiger partial charge in [0.25, 0.3) is 0 Å². The van der Waals surface area contributed by atoms with Crippen LogP contribution >= 0.6 is 0 Å². The lowest BCUT2D eigenvalue weighted by Crippen LogP contribution is -2.10. The Bertz CT molecular complexity index is 507. The molecular formula is C15H19NO3. The van der Waals surface area contributed by atoms with Gasteiger partial charge in [-0.05, 0) is 32.9 Å². The van der Waals surface area contributed by atoms with E-state index in [9.17, 15) is 5.11 Å². The van der Waals surface area contributed by atoms with Crippen molar-refractivity contribution in [1.29, 1.82) is 5.26 Å². The number of benzene rings is 1. The van der Waals surface area contributed by atoms with Crippen LogP contribution in [0.15, 0.2) is 12.1 Å². The molecular weight excluding hydrogens is 242 g/mol. The Morgan fingerprint density at radius 3 is 2.95 bits per heavy atom. The average Bonchev–Trinajstić information content (AvgIpc) is 2.75. The number of hydrogen-bond acceptors (Lipinski definition) is 4. The Kier molecular flexibility index (Phi) is 3.96. The van der Waals surface area contributed by atoms with E-state index in [0.29, 0.717) is 17.9 Å². The number of fused-ring (bicyclic) bond motifs is 1. The number of aliphatic hydroxyl groups excluding tert-OH is 1. The summed E-state index contributed by atoms with van der Waals surface area (Å²) < 4.78 is 11.3. The van der Waals surface area contributed by atoms with Gasteiger partial charge in [-0.1, -0.05) is 0 Å². The average molecular weight is 261 g/mol. The molecule has 1 aliphatic rings. The second-order valence-corrected chi connectivity index (χ2v) is 4.93. The van der Waals surface area contributed by atoms with E-state index in [1.54, 1.807) is 6.92 Å². The first-order chi connectivity index (χ1) is 9.06. The minimum absolute atomic E-state index is 0.144. The van der Waals surface area contributed by atoms with Crippen LogP contribution in [0.2, 0.25) is 0 Å². The van der Waals surface area contributed by atoms with Crippen LogP contribution in [-0.4, -0.2) is 17.8 Å². The van der Waals surface area contributed by atoms with Crippen LogP contribution < -0.4 is 9.47 Å². The van der Waals surface area contributed by atoms with E-state index in [1.165, 1.54) is 0 Å². The van der Waals surface area contributed by atoms with Gasteiger partial charge in [0, 0.05) is 17.5 Å². The fraction of sp³-hybridized carbons (Fsp3) is 0.533. The van der Waals surface area contributed by atoms with Gasteiger partial charge < -0.3 is 14.6 Å². The summed E-state index contributed by atoms with van der Waals surface area (Å²) in [6.07, 6.45) is 0.126. The van der Waals surface area contributed by atoms with Crippen molar-refractivity contribution in [1.82, 2.24) is 0 Å². The number of rotatable bonds is 4. The third-order valence-electron chi connectivity index (χ3n) is 3.32. The van der Waals surface area contributed by atoms with E-state index in [1.807, 2.05) is 26.0 Å². The fourth-order valence-electron chi connectivity index (χ4n) is 2.31. The van der Waals surface area contributed by atoms with Crippen molar-refractivity contribution in [3.63, 3.8) is 0 Å². The maximum atomic E-state index is 10.2. The van der Waals surface area contributed by atoms with Crippen molar-refractivity contribution in [2.24, 2.45) is 5.92 Å². The third kappa shape index (κ3) is 2.66. The molecule has 0 radical (unpaired) electrons. The van der Waals surface area contributed by atoms with Crippen molar-refractivity contribution < 1.29 is 14.6 Å². The molecule has 2 rings (SSSR count). The summed E-state index contributed by atoms with van der Waals surface area (Å²) in [4.78, 5) is 0. The van der Waals surface area contributed by atoms with Crippen LogP contribution in [0, 0.1) is 17.2 Å². The summed E-state index contributed by atoms with van der Waals surface area (Å²) in [6.45, 7) is 6.12. The molecule has 4 nitrogen and oxygen atoms in total. The van der Waals surface area contributed by atoms with Gasteiger partial charge in [0.1, 0.15) is 17.6 Å². The highest BCUT2D eigenvalue weighted by Gasteiger charge is 2.26. The maximum absolute atomic E-state index is 10.2. The van der Waals surface area contributed by atoms with Crippen LogP contribution in [0.5, 0.6) is 11.5 Å². The smallest absolute Gasteiger partial charge is 0.125 e. The number of aliphatic hydroxyl groups is 1. The van der Waals surface area contributed by atoms with Crippen LogP contribution in [0.3, 0.4) is 0 Å². The first kappa shape index (κ1) is 13.7. The summed E-state index contributed by atoms with van der Waals surface area (Å²) in [6, 6.07) is 5.79. The Labute approximate surface area is 113 Å². The molecule has 1 heterocycles. The first-order valence-electron chi connectivity index (χ1n) is 6.60. The SMILES string of the molecule is CCOc1cc2c(cc1C(O)C(C)C#N)OC(C)C2. The normalized spacial score (nSPS) is 20.1. The van der Waals surface area contributed by atoms with Gasteiger partial charge in [-0.15, -0.1) is 0 Å². The monoisotopic (exact) mass is 261 g/mol. The molecule has 1 aromatic rings. The summed E-state index contributed by atoms with van der Waals surface area (Å²) in [5.41, 5.74) is 1.72. The highest BCUT2D eigenvalue weighted by Crippen LogP contribution is 2.39. The number of ether oxygens (including phenoxy) is 2. The Balaban J connectivity index is 2.42. The second-order valence-electron chi connectivity index (χ2n) is 4.93. The minimum Gasteiger partial charge on any atom is -0.493 e. The fourth-order valence-corrected chi connectivity index (χ4v) is 2.31.